The van der Waals surface area contributed by atoms with Gasteiger partial charge in [0, 0.05) is 19.7 Å². The van der Waals surface area contributed by atoms with Crippen LogP contribution in [0.15, 0.2) is 12.4 Å². The summed E-state index contributed by atoms with van der Waals surface area (Å²) in [6.07, 6.45) is 3.47. The number of hydrogen-bond acceptors (Lipinski definition) is 4. The summed E-state index contributed by atoms with van der Waals surface area (Å²) in [7, 11) is 0. The van der Waals surface area contributed by atoms with Gasteiger partial charge in [-0.2, -0.15) is 5.10 Å². The number of aromatic carboxylic acids is 1. The number of carboxylic acids is 1. The van der Waals surface area contributed by atoms with Gasteiger partial charge in [-0.05, 0) is 18.8 Å². The Bertz CT molecular complexity index is 485. The van der Waals surface area contributed by atoms with Gasteiger partial charge in [-0.25, -0.2) is 4.79 Å². The highest BCUT2D eigenvalue weighted by molar-refractivity contribution is 5.86. The minimum atomic E-state index is -1.01. The molecule has 1 amide bonds. The van der Waals surface area contributed by atoms with Gasteiger partial charge in [0.15, 0.2) is 0 Å². The molecule has 3 N–H and O–H groups in total. The number of carbonyl (C=O) groups excluding carboxylic acids is 1. The van der Waals surface area contributed by atoms with E-state index in [1.807, 2.05) is 0 Å². The zero-order valence-electron chi connectivity index (χ0n) is 10.6. The second-order valence-corrected chi connectivity index (χ2v) is 4.97. The molecule has 7 heteroatoms. The first-order chi connectivity index (χ1) is 8.95. The SMILES string of the molecule is CC(=O)N[C@@H]1CC(Cn2cc(C(=O)O)cn2)C[C@H]1O. The summed E-state index contributed by atoms with van der Waals surface area (Å²) in [6.45, 7) is 1.97. The molecule has 1 aliphatic rings. The Hall–Kier alpha value is -1.89. The monoisotopic (exact) mass is 267 g/mol. The molecule has 0 radical (unpaired) electrons. The molecule has 1 saturated carbocycles. The Morgan fingerprint density at radius 2 is 2.26 bits per heavy atom. The predicted molar refractivity (Wildman–Crippen MR) is 65.5 cm³/mol. The Kier molecular flexibility index (Phi) is 3.84. The van der Waals surface area contributed by atoms with Crippen LogP contribution in [0, 0.1) is 5.92 Å². The van der Waals surface area contributed by atoms with Crippen molar-refractivity contribution in [3.8, 4) is 0 Å². The fourth-order valence-electron chi connectivity index (χ4n) is 2.52. The van der Waals surface area contributed by atoms with Gasteiger partial charge in [-0.15, -0.1) is 0 Å². The van der Waals surface area contributed by atoms with Crippen molar-refractivity contribution >= 4 is 11.9 Å². The highest BCUT2D eigenvalue weighted by atomic mass is 16.4. The van der Waals surface area contributed by atoms with E-state index in [0.717, 1.165) is 0 Å². The average Bonchev–Trinajstić information content (AvgIpc) is 2.87. The Morgan fingerprint density at radius 1 is 1.53 bits per heavy atom. The molecule has 1 fully saturated rings. The number of rotatable bonds is 4. The lowest BCUT2D eigenvalue weighted by molar-refractivity contribution is -0.120. The van der Waals surface area contributed by atoms with Crippen molar-refractivity contribution in [1.82, 2.24) is 15.1 Å². The fourth-order valence-corrected chi connectivity index (χ4v) is 2.52. The van der Waals surface area contributed by atoms with Gasteiger partial charge in [-0.1, -0.05) is 0 Å². The van der Waals surface area contributed by atoms with Gasteiger partial charge in [-0.3, -0.25) is 9.48 Å². The fraction of sp³-hybridized carbons (Fsp3) is 0.583. The first-order valence-corrected chi connectivity index (χ1v) is 6.16. The van der Waals surface area contributed by atoms with E-state index in [4.69, 9.17) is 5.11 Å². The van der Waals surface area contributed by atoms with Gasteiger partial charge < -0.3 is 15.5 Å². The van der Waals surface area contributed by atoms with Crippen molar-refractivity contribution < 1.29 is 19.8 Å². The molecule has 2 rings (SSSR count). The van der Waals surface area contributed by atoms with E-state index in [0.29, 0.717) is 19.4 Å². The van der Waals surface area contributed by atoms with Crippen LogP contribution in [0.5, 0.6) is 0 Å². The third-order valence-electron chi connectivity index (χ3n) is 3.34. The second kappa shape index (κ2) is 5.40. The number of aromatic nitrogens is 2. The van der Waals surface area contributed by atoms with E-state index in [1.54, 1.807) is 4.68 Å². The van der Waals surface area contributed by atoms with E-state index < -0.39 is 12.1 Å². The lowest BCUT2D eigenvalue weighted by atomic mass is 10.1. The van der Waals surface area contributed by atoms with Gasteiger partial charge in [0.2, 0.25) is 5.91 Å². The van der Waals surface area contributed by atoms with Crippen LogP contribution in [0.2, 0.25) is 0 Å². The topological polar surface area (TPSA) is 104 Å². The molecule has 1 heterocycles. The molecule has 0 aliphatic heterocycles. The summed E-state index contributed by atoms with van der Waals surface area (Å²) in [5.41, 5.74) is 0.150. The van der Waals surface area contributed by atoms with Crippen molar-refractivity contribution in [1.29, 1.82) is 0 Å². The molecular weight excluding hydrogens is 250 g/mol. The van der Waals surface area contributed by atoms with Crippen LogP contribution in [-0.4, -0.2) is 44.0 Å². The number of amides is 1. The smallest absolute Gasteiger partial charge is 0.338 e. The van der Waals surface area contributed by atoms with Crippen molar-refractivity contribution in [2.24, 2.45) is 5.92 Å². The van der Waals surface area contributed by atoms with E-state index in [-0.39, 0.29) is 23.4 Å². The zero-order chi connectivity index (χ0) is 14.0. The molecule has 1 aromatic rings. The molecule has 1 aromatic heterocycles. The molecule has 1 unspecified atom stereocenters. The Labute approximate surface area is 110 Å². The van der Waals surface area contributed by atoms with Gasteiger partial charge >= 0.3 is 5.97 Å². The number of nitrogens with one attached hydrogen (secondary N) is 1. The lowest BCUT2D eigenvalue weighted by Gasteiger charge is -2.14. The summed E-state index contributed by atoms with van der Waals surface area (Å²) in [5, 5.41) is 25.3. The molecule has 1 aliphatic carbocycles. The Balaban J connectivity index is 1.93. The number of hydrogen-bond donors (Lipinski definition) is 3. The van der Waals surface area contributed by atoms with Crippen LogP contribution >= 0.6 is 0 Å². The minimum Gasteiger partial charge on any atom is -0.478 e. The first-order valence-electron chi connectivity index (χ1n) is 6.16. The highest BCUT2D eigenvalue weighted by Gasteiger charge is 2.33. The van der Waals surface area contributed by atoms with Crippen molar-refractivity contribution in [2.75, 3.05) is 0 Å². The van der Waals surface area contributed by atoms with Crippen molar-refractivity contribution in [3.63, 3.8) is 0 Å². The summed E-state index contributed by atoms with van der Waals surface area (Å²) in [5.74, 6) is -0.987. The van der Waals surface area contributed by atoms with Crippen LogP contribution in [0.1, 0.15) is 30.1 Å². The normalized spacial score (nSPS) is 26.3. The largest absolute Gasteiger partial charge is 0.478 e. The van der Waals surface area contributed by atoms with Gasteiger partial charge in [0.1, 0.15) is 0 Å². The molecule has 0 saturated heterocycles. The predicted octanol–water partition coefficient (Wildman–Crippen LogP) is -0.143. The maximum Gasteiger partial charge on any atom is 0.338 e. The highest BCUT2D eigenvalue weighted by Crippen LogP contribution is 2.27. The third kappa shape index (κ3) is 3.31. The molecule has 7 nitrogen and oxygen atoms in total. The van der Waals surface area contributed by atoms with Crippen LogP contribution < -0.4 is 5.32 Å². The summed E-state index contributed by atoms with van der Waals surface area (Å²) < 4.78 is 1.57. The summed E-state index contributed by atoms with van der Waals surface area (Å²) in [6, 6.07) is -0.225. The number of aliphatic hydroxyl groups excluding tert-OH is 1. The molecule has 0 spiro atoms. The summed E-state index contributed by atoms with van der Waals surface area (Å²) in [4.78, 5) is 21.7. The Morgan fingerprint density at radius 3 is 2.84 bits per heavy atom. The molecular formula is C12H17N3O4. The lowest BCUT2D eigenvalue weighted by Crippen LogP contribution is -2.38. The van der Waals surface area contributed by atoms with E-state index in [1.165, 1.54) is 19.3 Å². The van der Waals surface area contributed by atoms with Crippen molar-refractivity contribution in [3.05, 3.63) is 18.0 Å². The molecule has 3 atom stereocenters. The molecule has 0 aromatic carbocycles. The molecule has 19 heavy (non-hydrogen) atoms. The second-order valence-electron chi connectivity index (χ2n) is 4.97. The minimum absolute atomic E-state index is 0.150. The van der Waals surface area contributed by atoms with Crippen LogP contribution in [0.4, 0.5) is 0 Å². The number of nitrogens with zero attached hydrogens (tertiary/aromatic N) is 2. The number of carbonyl (C=O) groups is 2. The molecule has 0 bridgehead atoms. The van der Waals surface area contributed by atoms with Gasteiger partial charge in [0.25, 0.3) is 0 Å². The average molecular weight is 267 g/mol. The van der Waals surface area contributed by atoms with E-state index in [2.05, 4.69) is 10.4 Å². The summed E-state index contributed by atoms with van der Waals surface area (Å²) >= 11 is 0. The van der Waals surface area contributed by atoms with Crippen LogP contribution in [-0.2, 0) is 11.3 Å². The zero-order valence-corrected chi connectivity index (χ0v) is 10.6. The third-order valence-corrected chi connectivity index (χ3v) is 3.34. The van der Waals surface area contributed by atoms with E-state index in [9.17, 15) is 14.7 Å². The molecule has 104 valence electrons. The first kappa shape index (κ1) is 13.5. The van der Waals surface area contributed by atoms with Crippen molar-refractivity contribution in [2.45, 2.75) is 38.5 Å². The number of carboxylic acid groups (broad SMARTS) is 1. The van der Waals surface area contributed by atoms with Crippen LogP contribution in [0.25, 0.3) is 0 Å². The maximum atomic E-state index is 11.0. The van der Waals surface area contributed by atoms with Crippen LogP contribution in [0.3, 0.4) is 0 Å². The maximum absolute atomic E-state index is 11.0. The van der Waals surface area contributed by atoms with E-state index >= 15 is 0 Å². The number of aliphatic hydroxyl groups is 1. The van der Waals surface area contributed by atoms with Gasteiger partial charge in [0.05, 0.1) is 23.9 Å². The standard InChI is InChI=1S/C12H17N3O4/c1-7(16)14-10-2-8(3-11(10)17)5-15-6-9(4-13-15)12(18)19/h4,6,8,10-11,17H,2-3,5H2,1H3,(H,14,16)(H,18,19)/t8?,10-,11-/m1/s1. The quantitative estimate of drug-likeness (QED) is 0.704.